The lowest BCUT2D eigenvalue weighted by Crippen LogP contribution is -2.15. The van der Waals surface area contributed by atoms with E-state index in [-0.39, 0.29) is 12.0 Å². The SMILES string of the molecule is CCCCn1nc(C(F)(F)CCC)nc1Cc1ccc(-c2ccccc2C(=O)O)cc1. The van der Waals surface area contributed by atoms with Gasteiger partial charge in [0.05, 0.1) is 5.56 Å². The largest absolute Gasteiger partial charge is 0.478 e. The topological polar surface area (TPSA) is 68.0 Å². The predicted molar refractivity (Wildman–Crippen MR) is 115 cm³/mol. The number of rotatable bonds is 10. The van der Waals surface area contributed by atoms with E-state index >= 15 is 0 Å². The van der Waals surface area contributed by atoms with E-state index in [9.17, 15) is 18.7 Å². The van der Waals surface area contributed by atoms with Crippen molar-refractivity contribution in [3.05, 3.63) is 71.3 Å². The lowest BCUT2D eigenvalue weighted by Gasteiger charge is -2.10. The molecule has 0 saturated carbocycles. The fourth-order valence-electron chi connectivity index (χ4n) is 3.48. The molecule has 7 heteroatoms. The van der Waals surface area contributed by atoms with Crippen LogP contribution < -0.4 is 0 Å². The van der Waals surface area contributed by atoms with E-state index in [1.54, 1.807) is 35.9 Å². The van der Waals surface area contributed by atoms with E-state index in [1.807, 2.05) is 31.2 Å². The maximum atomic E-state index is 14.4. The van der Waals surface area contributed by atoms with E-state index in [2.05, 4.69) is 10.1 Å². The minimum Gasteiger partial charge on any atom is -0.478 e. The Labute approximate surface area is 180 Å². The van der Waals surface area contributed by atoms with Crippen molar-refractivity contribution in [2.75, 3.05) is 0 Å². The Bertz CT molecular complexity index is 1030. The van der Waals surface area contributed by atoms with E-state index < -0.39 is 17.7 Å². The van der Waals surface area contributed by atoms with Crippen LogP contribution in [0.3, 0.4) is 0 Å². The first-order valence-electron chi connectivity index (χ1n) is 10.6. The summed E-state index contributed by atoms with van der Waals surface area (Å²) in [6, 6.07) is 14.3. The number of carbonyl (C=O) groups is 1. The van der Waals surface area contributed by atoms with Crippen molar-refractivity contribution in [1.82, 2.24) is 14.8 Å². The van der Waals surface area contributed by atoms with Gasteiger partial charge in [0.1, 0.15) is 5.82 Å². The summed E-state index contributed by atoms with van der Waals surface area (Å²) in [4.78, 5) is 15.7. The van der Waals surface area contributed by atoms with Crippen LogP contribution in [-0.4, -0.2) is 25.8 Å². The summed E-state index contributed by atoms with van der Waals surface area (Å²) in [7, 11) is 0. The molecule has 0 fully saturated rings. The zero-order valence-electron chi connectivity index (χ0n) is 17.8. The fourth-order valence-corrected chi connectivity index (χ4v) is 3.48. The van der Waals surface area contributed by atoms with Crippen molar-refractivity contribution in [3.63, 3.8) is 0 Å². The third kappa shape index (κ3) is 5.34. The van der Waals surface area contributed by atoms with E-state index in [1.165, 1.54) is 0 Å². The summed E-state index contributed by atoms with van der Waals surface area (Å²) in [6.07, 6.45) is 2.21. The van der Waals surface area contributed by atoms with E-state index in [0.29, 0.717) is 30.8 Å². The molecular formula is C24H27F2N3O2. The highest BCUT2D eigenvalue weighted by Gasteiger charge is 2.36. The first-order valence-corrected chi connectivity index (χ1v) is 10.6. The van der Waals surface area contributed by atoms with Gasteiger partial charge < -0.3 is 5.11 Å². The number of carboxylic acids is 1. The average Bonchev–Trinajstić information content (AvgIpc) is 3.16. The average molecular weight is 427 g/mol. The van der Waals surface area contributed by atoms with Crippen molar-refractivity contribution in [2.24, 2.45) is 0 Å². The second-order valence-corrected chi connectivity index (χ2v) is 7.61. The van der Waals surface area contributed by atoms with Crippen LogP contribution in [0.25, 0.3) is 11.1 Å². The molecule has 0 saturated heterocycles. The number of aryl methyl sites for hydroxylation is 1. The van der Waals surface area contributed by atoms with Gasteiger partial charge in [0.15, 0.2) is 0 Å². The summed E-state index contributed by atoms with van der Waals surface area (Å²) in [5.74, 6) is -3.92. The zero-order valence-corrected chi connectivity index (χ0v) is 17.8. The third-order valence-corrected chi connectivity index (χ3v) is 5.15. The van der Waals surface area contributed by atoms with Crippen LogP contribution in [0.1, 0.15) is 67.1 Å². The molecule has 1 N–H and O–H groups in total. The number of halogens is 2. The van der Waals surface area contributed by atoms with Gasteiger partial charge in [-0.25, -0.2) is 14.5 Å². The van der Waals surface area contributed by atoms with Crippen molar-refractivity contribution in [1.29, 1.82) is 0 Å². The number of benzene rings is 2. The van der Waals surface area contributed by atoms with E-state index in [4.69, 9.17) is 0 Å². The summed E-state index contributed by atoms with van der Waals surface area (Å²) in [6.45, 7) is 4.30. The number of unbranched alkanes of at least 4 members (excludes halogenated alkanes) is 1. The minimum atomic E-state index is -3.04. The number of aromatic nitrogens is 3. The smallest absolute Gasteiger partial charge is 0.336 e. The molecule has 0 aliphatic carbocycles. The lowest BCUT2D eigenvalue weighted by molar-refractivity contribution is -0.0232. The van der Waals surface area contributed by atoms with Crippen molar-refractivity contribution < 1.29 is 18.7 Å². The van der Waals surface area contributed by atoms with Gasteiger partial charge in [-0.1, -0.05) is 62.7 Å². The molecule has 5 nitrogen and oxygen atoms in total. The Morgan fingerprint density at radius 1 is 1.06 bits per heavy atom. The van der Waals surface area contributed by atoms with Crippen molar-refractivity contribution >= 4 is 5.97 Å². The molecule has 2 aromatic carbocycles. The molecule has 0 amide bonds. The Morgan fingerprint density at radius 3 is 2.42 bits per heavy atom. The minimum absolute atomic E-state index is 0.234. The van der Waals surface area contributed by atoms with E-state index in [0.717, 1.165) is 24.0 Å². The molecule has 0 unspecified atom stereocenters. The number of nitrogens with zero attached hydrogens (tertiary/aromatic N) is 3. The predicted octanol–water partition coefficient (Wildman–Crippen LogP) is 5.93. The number of aromatic carboxylic acids is 1. The molecule has 0 aliphatic rings. The molecule has 1 aromatic heterocycles. The molecule has 31 heavy (non-hydrogen) atoms. The molecule has 0 atom stereocenters. The highest BCUT2D eigenvalue weighted by molar-refractivity contribution is 5.95. The second-order valence-electron chi connectivity index (χ2n) is 7.61. The molecule has 0 radical (unpaired) electrons. The van der Waals surface area contributed by atoms with Crippen LogP contribution in [0.5, 0.6) is 0 Å². The van der Waals surface area contributed by atoms with Crippen molar-refractivity contribution in [3.8, 4) is 11.1 Å². The molecule has 0 spiro atoms. The first-order chi connectivity index (χ1) is 14.9. The highest BCUT2D eigenvalue weighted by atomic mass is 19.3. The zero-order chi connectivity index (χ0) is 22.4. The maximum absolute atomic E-state index is 14.4. The first kappa shape index (κ1) is 22.6. The molecule has 164 valence electrons. The fraction of sp³-hybridized carbons (Fsp3) is 0.375. The molecule has 0 bridgehead atoms. The molecular weight excluding hydrogens is 400 g/mol. The maximum Gasteiger partial charge on any atom is 0.336 e. The lowest BCUT2D eigenvalue weighted by atomic mass is 9.98. The summed E-state index contributed by atoms with van der Waals surface area (Å²) in [5.41, 5.74) is 2.54. The number of carboxylic acid groups (broad SMARTS) is 1. The normalized spacial score (nSPS) is 11.6. The van der Waals surface area contributed by atoms with Gasteiger partial charge in [-0.2, -0.15) is 8.78 Å². The quantitative estimate of drug-likeness (QED) is 0.436. The van der Waals surface area contributed by atoms with Gasteiger partial charge in [0.25, 0.3) is 0 Å². The Balaban J connectivity index is 1.87. The van der Waals surface area contributed by atoms with Crippen LogP contribution in [0.2, 0.25) is 0 Å². The molecule has 0 aliphatic heterocycles. The van der Waals surface area contributed by atoms with Crippen LogP contribution in [-0.2, 0) is 18.9 Å². The molecule has 3 aromatic rings. The van der Waals surface area contributed by atoms with Gasteiger partial charge >= 0.3 is 11.9 Å². The van der Waals surface area contributed by atoms with Crippen molar-refractivity contribution in [2.45, 2.75) is 58.4 Å². The standard InChI is InChI=1S/C24H27F2N3O2/c1-3-5-15-29-21(27-23(28-29)24(25,26)14-4-2)16-17-10-12-18(13-11-17)19-8-6-7-9-20(19)22(30)31/h6-13H,3-5,14-16H2,1-2H3,(H,30,31). The summed E-state index contributed by atoms with van der Waals surface area (Å²) >= 11 is 0. The number of alkyl halides is 2. The highest BCUT2D eigenvalue weighted by Crippen LogP contribution is 2.31. The Hall–Kier alpha value is -3.09. The molecule has 3 rings (SSSR count). The Kier molecular flexibility index (Phi) is 7.15. The van der Waals surface area contributed by atoms with Gasteiger partial charge in [-0.15, -0.1) is 5.10 Å². The summed E-state index contributed by atoms with van der Waals surface area (Å²) in [5, 5.41) is 13.5. The molecule has 1 heterocycles. The summed E-state index contributed by atoms with van der Waals surface area (Å²) < 4.78 is 30.3. The van der Waals surface area contributed by atoms with Gasteiger partial charge in [-0.3, -0.25) is 0 Å². The number of hydrogen-bond donors (Lipinski definition) is 1. The monoisotopic (exact) mass is 427 g/mol. The van der Waals surface area contributed by atoms with Gasteiger partial charge in [0, 0.05) is 19.4 Å². The van der Waals surface area contributed by atoms with Crippen LogP contribution in [0.4, 0.5) is 8.78 Å². The Morgan fingerprint density at radius 2 is 1.77 bits per heavy atom. The number of hydrogen-bond acceptors (Lipinski definition) is 3. The van der Waals surface area contributed by atoms with Crippen LogP contribution in [0.15, 0.2) is 48.5 Å². The second kappa shape index (κ2) is 9.81. The van der Waals surface area contributed by atoms with Gasteiger partial charge in [0.2, 0.25) is 5.82 Å². The van der Waals surface area contributed by atoms with Crippen LogP contribution in [0, 0.1) is 0 Å². The van der Waals surface area contributed by atoms with Crippen LogP contribution >= 0.6 is 0 Å². The van der Waals surface area contributed by atoms with Gasteiger partial charge in [-0.05, 0) is 35.6 Å². The third-order valence-electron chi connectivity index (χ3n) is 5.15.